The summed E-state index contributed by atoms with van der Waals surface area (Å²) in [6, 6.07) is 0.383. The van der Waals surface area contributed by atoms with Gasteiger partial charge in [0.15, 0.2) is 0 Å². The van der Waals surface area contributed by atoms with Crippen molar-refractivity contribution in [1.29, 1.82) is 0 Å². The van der Waals surface area contributed by atoms with E-state index in [2.05, 4.69) is 5.32 Å². The fraction of sp³-hybridized carbons (Fsp3) is 0.867. The third-order valence-electron chi connectivity index (χ3n) is 3.69. The second kappa shape index (κ2) is 8.18. The molecule has 19 heavy (non-hydrogen) atoms. The van der Waals surface area contributed by atoms with Gasteiger partial charge in [0.25, 0.3) is 0 Å². The van der Waals surface area contributed by atoms with Crippen LogP contribution < -0.4 is 5.32 Å². The second-order valence-corrected chi connectivity index (χ2v) is 5.95. The van der Waals surface area contributed by atoms with Crippen molar-refractivity contribution in [3.63, 3.8) is 0 Å². The minimum absolute atomic E-state index is 0.0853. The average molecular weight is 268 g/mol. The number of hydrogen-bond acceptors (Lipinski definition) is 2. The number of amides is 2. The normalized spacial score (nSPS) is 16.4. The first kappa shape index (κ1) is 16.0. The summed E-state index contributed by atoms with van der Waals surface area (Å²) in [5.74, 6) is 0.592. The van der Waals surface area contributed by atoms with Crippen LogP contribution in [0.15, 0.2) is 0 Å². The summed E-state index contributed by atoms with van der Waals surface area (Å²) in [7, 11) is 0. The van der Waals surface area contributed by atoms with Crippen molar-refractivity contribution in [2.75, 3.05) is 13.1 Å². The highest BCUT2D eigenvalue weighted by molar-refractivity contribution is 5.76. The van der Waals surface area contributed by atoms with Crippen molar-refractivity contribution in [1.82, 2.24) is 10.2 Å². The topological polar surface area (TPSA) is 49.4 Å². The third kappa shape index (κ3) is 6.08. The van der Waals surface area contributed by atoms with E-state index in [1.165, 1.54) is 19.3 Å². The first-order valence-electron chi connectivity index (χ1n) is 7.54. The van der Waals surface area contributed by atoms with Crippen LogP contribution in [0.2, 0.25) is 0 Å². The molecule has 1 rings (SSSR count). The highest BCUT2D eigenvalue weighted by Gasteiger charge is 2.22. The molecular formula is C15H28N2O2. The Morgan fingerprint density at radius 2 is 1.84 bits per heavy atom. The Morgan fingerprint density at radius 3 is 2.37 bits per heavy atom. The van der Waals surface area contributed by atoms with E-state index in [1.807, 2.05) is 18.7 Å². The zero-order valence-electron chi connectivity index (χ0n) is 12.6. The lowest BCUT2D eigenvalue weighted by molar-refractivity contribution is -0.132. The van der Waals surface area contributed by atoms with Crippen LogP contribution >= 0.6 is 0 Å². The van der Waals surface area contributed by atoms with Gasteiger partial charge in [0.2, 0.25) is 11.8 Å². The van der Waals surface area contributed by atoms with Gasteiger partial charge in [-0.15, -0.1) is 0 Å². The van der Waals surface area contributed by atoms with Gasteiger partial charge in [0, 0.05) is 32.5 Å². The lowest BCUT2D eigenvalue weighted by Gasteiger charge is -2.33. The number of rotatable bonds is 6. The minimum Gasteiger partial charge on any atom is -0.354 e. The molecule has 0 atom stereocenters. The van der Waals surface area contributed by atoms with Crippen molar-refractivity contribution in [3.05, 3.63) is 0 Å². The molecule has 2 amide bonds. The zero-order valence-corrected chi connectivity index (χ0v) is 12.6. The molecule has 1 saturated carbocycles. The van der Waals surface area contributed by atoms with Gasteiger partial charge in [-0.3, -0.25) is 9.59 Å². The molecule has 1 N–H and O–H groups in total. The Labute approximate surface area is 116 Å². The quantitative estimate of drug-likeness (QED) is 0.804. The van der Waals surface area contributed by atoms with Crippen LogP contribution in [-0.2, 0) is 9.59 Å². The predicted octanol–water partition coefficient (Wildman–Crippen LogP) is 2.33. The zero-order chi connectivity index (χ0) is 14.3. The molecule has 0 radical (unpaired) electrons. The summed E-state index contributed by atoms with van der Waals surface area (Å²) in [5.41, 5.74) is 0. The molecule has 4 nitrogen and oxygen atoms in total. The summed E-state index contributed by atoms with van der Waals surface area (Å²) < 4.78 is 0. The lowest BCUT2D eigenvalue weighted by atomic mass is 9.94. The maximum atomic E-state index is 11.7. The molecule has 1 aliphatic rings. The van der Waals surface area contributed by atoms with Crippen molar-refractivity contribution in [2.24, 2.45) is 5.92 Å². The first-order chi connectivity index (χ1) is 9.00. The number of carbonyl (C=O) groups is 2. The molecule has 1 aliphatic carbocycles. The van der Waals surface area contributed by atoms with E-state index in [9.17, 15) is 9.59 Å². The highest BCUT2D eigenvalue weighted by atomic mass is 16.2. The van der Waals surface area contributed by atoms with Crippen LogP contribution in [0.4, 0.5) is 0 Å². The van der Waals surface area contributed by atoms with Gasteiger partial charge in [-0.05, 0) is 18.8 Å². The van der Waals surface area contributed by atoms with Crippen molar-refractivity contribution in [2.45, 2.75) is 65.3 Å². The van der Waals surface area contributed by atoms with Crippen LogP contribution in [-0.4, -0.2) is 35.8 Å². The molecule has 0 aromatic heterocycles. The maximum absolute atomic E-state index is 11.7. The summed E-state index contributed by atoms with van der Waals surface area (Å²) >= 11 is 0. The van der Waals surface area contributed by atoms with Gasteiger partial charge in [-0.25, -0.2) is 0 Å². The molecule has 110 valence electrons. The smallest absolute Gasteiger partial charge is 0.220 e. The number of nitrogens with zero attached hydrogens (tertiary/aromatic N) is 1. The van der Waals surface area contributed by atoms with Crippen LogP contribution in [0.1, 0.15) is 59.3 Å². The number of nitrogens with one attached hydrogen (secondary N) is 1. The van der Waals surface area contributed by atoms with Crippen molar-refractivity contribution < 1.29 is 9.59 Å². The Morgan fingerprint density at radius 1 is 1.21 bits per heavy atom. The van der Waals surface area contributed by atoms with Crippen LogP contribution in [0.25, 0.3) is 0 Å². The Balaban J connectivity index is 2.33. The van der Waals surface area contributed by atoms with Crippen molar-refractivity contribution in [3.8, 4) is 0 Å². The van der Waals surface area contributed by atoms with Gasteiger partial charge >= 0.3 is 0 Å². The van der Waals surface area contributed by atoms with Gasteiger partial charge < -0.3 is 10.2 Å². The minimum atomic E-state index is 0.0853. The Bertz CT molecular complexity index is 297. The molecule has 0 aliphatic heterocycles. The van der Waals surface area contributed by atoms with E-state index in [4.69, 9.17) is 0 Å². The molecule has 0 spiro atoms. The van der Waals surface area contributed by atoms with E-state index < -0.39 is 0 Å². The summed E-state index contributed by atoms with van der Waals surface area (Å²) in [6.07, 6.45) is 6.50. The van der Waals surface area contributed by atoms with E-state index in [1.54, 1.807) is 6.92 Å². The summed E-state index contributed by atoms with van der Waals surface area (Å²) in [5, 5.41) is 2.91. The SMILES string of the molecule is CC(=O)N(CCNC(=O)CC(C)C)C1CCCCC1. The molecule has 0 bridgehead atoms. The van der Waals surface area contributed by atoms with Gasteiger partial charge in [-0.1, -0.05) is 33.1 Å². The van der Waals surface area contributed by atoms with E-state index in [0.717, 1.165) is 12.8 Å². The molecule has 0 aromatic carbocycles. The summed E-state index contributed by atoms with van der Waals surface area (Å²) in [6.45, 7) is 6.91. The van der Waals surface area contributed by atoms with E-state index >= 15 is 0 Å². The fourth-order valence-corrected chi connectivity index (χ4v) is 2.75. The molecule has 0 aromatic rings. The van der Waals surface area contributed by atoms with Gasteiger partial charge in [-0.2, -0.15) is 0 Å². The number of hydrogen-bond donors (Lipinski definition) is 1. The van der Waals surface area contributed by atoms with Gasteiger partial charge in [0.05, 0.1) is 0 Å². The van der Waals surface area contributed by atoms with E-state index in [0.29, 0.717) is 31.5 Å². The fourth-order valence-electron chi connectivity index (χ4n) is 2.75. The average Bonchev–Trinajstić information content (AvgIpc) is 2.34. The maximum Gasteiger partial charge on any atom is 0.220 e. The van der Waals surface area contributed by atoms with Gasteiger partial charge in [0.1, 0.15) is 0 Å². The third-order valence-corrected chi connectivity index (χ3v) is 3.69. The predicted molar refractivity (Wildman–Crippen MR) is 76.7 cm³/mol. The molecular weight excluding hydrogens is 240 g/mol. The van der Waals surface area contributed by atoms with Crippen LogP contribution in [0.3, 0.4) is 0 Å². The standard InChI is InChI=1S/C15H28N2O2/c1-12(2)11-15(19)16-9-10-17(13(3)18)14-7-5-4-6-8-14/h12,14H,4-11H2,1-3H3,(H,16,19). The largest absolute Gasteiger partial charge is 0.354 e. The number of carbonyl (C=O) groups excluding carboxylic acids is 2. The Hall–Kier alpha value is -1.06. The van der Waals surface area contributed by atoms with Crippen LogP contribution in [0.5, 0.6) is 0 Å². The molecule has 1 fully saturated rings. The Kier molecular flexibility index (Phi) is 6.89. The monoisotopic (exact) mass is 268 g/mol. The highest BCUT2D eigenvalue weighted by Crippen LogP contribution is 2.22. The molecule has 0 unspecified atom stereocenters. The first-order valence-corrected chi connectivity index (χ1v) is 7.54. The molecule has 0 saturated heterocycles. The molecule has 4 heteroatoms. The molecule has 0 heterocycles. The van der Waals surface area contributed by atoms with E-state index in [-0.39, 0.29) is 11.8 Å². The summed E-state index contributed by atoms with van der Waals surface area (Å²) in [4.78, 5) is 25.2. The second-order valence-electron chi connectivity index (χ2n) is 5.95. The lowest BCUT2D eigenvalue weighted by Crippen LogP contribution is -2.44. The van der Waals surface area contributed by atoms with Crippen LogP contribution in [0, 0.1) is 5.92 Å². The van der Waals surface area contributed by atoms with Crippen molar-refractivity contribution >= 4 is 11.8 Å².